The summed E-state index contributed by atoms with van der Waals surface area (Å²) in [7, 11) is 0. The largest absolute Gasteiger partial charge is 0.478 e. The summed E-state index contributed by atoms with van der Waals surface area (Å²) in [6.07, 6.45) is 0.529. The molecule has 1 aromatic heterocycles. The van der Waals surface area contributed by atoms with Gasteiger partial charge in [-0.2, -0.15) is 0 Å². The summed E-state index contributed by atoms with van der Waals surface area (Å²) in [5.41, 5.74) is 1.21. The van der Waals surface area contributed by atoms with Gasteiger partial charge >= 0.3 is 5.97 Å². The molecule has 0 spiro atoms. The van der Waals surface area contributed by atoms with Crippen molar-refractivity contribution in [2.45, 2.75) is 20.3 Å². The molecule has 0 fully saturated rings. The van der Waals surface area contributed by atoms with Gasteiger partial charge in [-0.05, 0) is 25.0 Å². The molecule has 1 N–H and O–H groups in total. The van der Waals surface area contributed by atoms with E-state index in [1.54, 1.807) is 6.92 Å². The van der Waals surface area contributed by atoms with Gasteiger partial charge in [-0.3, -0.25) is 4.98 Å². The molecule has 0 aliphatic rings. The van der Waals surface area contributed by atoms with Gasteiger partial charge in [0, 0.05) is 17.1 Å². The molecule has 1 heterocycles. The predicted octanol–water partition coefficient (Wildman–Crippen LogP) is 3.08. The van der Waals surface area contributed by atoms with Crippen molar-refractivity contribution < 1.29 is 18.7 Å². The van der Waals surface area contributed by atoms with Crippen LogP contribution in [0.3, 0.4) is 0 Å². The van der Waals surface area contributed by atoms with Crippen LogP contribution in [0.5, 0.6) is 0 Å². The molecule has 0 atom stereocenters. The smallest absolute Gasteiger partial charge is 0.336 e. The lowest BCUT2D eigenvalue weighted by Gasteiger charge is -2.10. The highest BCUT2D eigenvalue weighted by Gasteiger charge is 2.18. The first kappa shape index (κ1) is 12.4. The second kappa shape index (κ2) is 4.33. The van der Waals surface area contributed by atoms with Crippen LogP contribution in [-0.4, -0.2) is 16.1 Å². The number of aryl methyl sites for hydroxylation is 1. The Kier molecular flexibility index (Phi) is 2.98. The molecular weight excluding hydrogens is 240 g/mol. The van der Waals surface area contributed by atoms with Crippen molar-refractivity contribution in [1.29, 1.82) is 0 Å². The second-order valence-corrected chi connectivity index (χ2v) is 4.00. The standard InChI is InChI=1S/C13H11F2NO2/c1-3-10-6(2)12(13(17)18)7-4-8(14)9(15)5-11(7)16-10/h4-5H,3H2,1-2H3,(H,17,18). The van der Waals surface area contributed by atoms with Crippen LogP contribution in [0.1, 0.15) is 28.5 Å². The third kappa shape index (κ3) is 1.81. The zero-order chi connectivity index (χ0) is 13.4. The molecule has 5 heteroatoms. The zero-order valence-corrected chi connectivity index (χ0v) is 9.92. The van der Waals surface area contributed by atoms with Crippen molar-refractivity contribution in [3.63, 3.8) is 0 Å². The summed E-state index contributed by atoms with van der Waals surface area (Å²) in [6, 6.07) is 1.81. The van der Waals surface area contributed by atoms with Crippen LogP contribution in [0.15, 0.2) is 12.1 Å². The highest BCUT2D eigenvalue weighted by Crippen LogP contribution is 2.25. The summed E-state index contributed by atoms with van der Waals surface area (Å²) in [5.74, 6) is -3.27. The number of carboxylic acids is 1. The van der Waals surface area contributed by atoms with Crippen molar-refractivity contribution in [2.75, 3.05) is 0 Å². The van der Waals surface area contributed by atoms with Gasteiger partial charge in [-0.1, -0.05) is 6.92 Å². The SMILES string of the molecule is CCc1nc2cc(F)c(F)cc2c(C(=O)O)c1C. The molecule has 0 amide bonds. The first-order valence-corrected chi connectivity index (χ1v) is 5.47. The molecule has 0 saturated heterocycles. The summed E-state index contributed by atoms with van der Waals surface area (Å²) in [6.45, 7) is 3.45. The van der Waals surface area contributed by atoms with Crippen LogP contribution in [0.25, 0.3) is 10.9 Å². The van der Waals surface area contributed by atoms with E-state index in [4.69, 9.17) is 0 Å². The van der Waals surface area contributed by atoms with E-state index < -0.39 is 17.6 Å². The van der Waals surface area contributed by atoms with Gasteiger partial charge in [0.25, 0.3) is 0 Å². The van der Waals surface area contributed by atoms with E-state index in [0.29, 0.717) is 17.7 Å². The van der Waals surface area contributed by atoms with Gasteiger partial charge < -0.3 is 5.11 Å². The van der Waals surface area contributed by atoms with Crippen molar-refractivity contribution in [1.82, 2.24) is 4.98 Å². The lowest BCUT2D eigenvalue weighted by molar-refractivity contribution is 0.0698. The second-order valence-electron chi connectivity index (χ2n) is 4.00. The normalized spacial score (nSPS) is 10.9. The number of rotatable bonds is 2. The minimum atomic E-state index is -1.17. The molecule has 0 radical (unpaired) electrons. The number of aromatic nitrogens is 1. The molecule has 3 nitrogen and oxygen atoms in total. The molecule has 0 aliphatic heterocycles. The van der Waals surface area contributed by atoms with E-state index in [0.717, 1.165) is 12.1 Å². The highest BCUT2D eigenvalue weighted by molar-refractivity contribution is 6.04. The molecule has 1 aromatic carbocycles. The molecule has 2 rings (SSSR count). The number of hydrogen-bond acceptors (Lipinski definition) is 2. The molecule has 0 bridgehead atoms. The lowest BCUT2D eigenvalue weighted by atomic mass is 10.00. The van der Waals surface area contributed by atoms with Crippen LogP contribution >= 0.6 is 0 Å². The van der Waals surface area contributed by atoms with Crippen LogP contribution in [0, 0.1) is 18.6 Å². The maximum absolute atomic E-state index is 13.2. The number of aromatic carboxylic acids is 1. The minimum Gasteiger partial charge on any atom is -0.478 e. The van der Waals surface area contributed by atoms with E-state index in [-0.39, 0.29) is 16.5 Å². The number of fused-ring (bicyclic) bond motifs is 1. The Labute approximate surface area is 102 Å². The molecule has 94 valence electrons. The highest BCUT2D eigenvalue weighted by atomic mass is 19.2. The zero-order valence-electron chi connectivity index (χ0n) is 9.92. The maximum Gasteiger partial charge on any atom is 0.336 e. The fraction of sp³-hybridized carbons (Fsp3) is 0.231. The topological polar surface area (TPSA) is 50.2 Å². The Balaban J connectivity index is 2.95. The van der Waals surface area contributed by atoms with Gasteiger partial charge in [0.1, 0.15) is 0 Å². The van der Waals surface area contributed by atoms with Crippen molar-refractivity contribution in [2.24, 2.45) is 0 Å². The van der Waals surface area contributed by atoms with E-state index in [2.05, 4.69) is 4.98 Å². The van der Waals surface area contributed by atoms with Gasteiger partial charge in [0.15, 0.2) is 11.6 Å². The lowest BCUT2D eigenvalue weighted by Crippen LogP contribution is -2.07. The molecule has 0 saturated carbocycles. The Morgan fingerprint density at radius 2 is 1.94 bits per heavy atom. The third-order valence-corrected chi connectivity index (χ3v) is 2.92. The first-order valence-electron chi connectivity index (χ1n) is 5.47. The molecule has 0 unspecified atom stereocenters. The monoisotopic (exact) mass is 251 g/mol. The van der Waals surface area contributed by atoms with E-state index >= 15 is 0 Å². The number of nitrogens with zero attached hydrogens (tertiary/aromatic N) is 1. The quantitative estimate of drug-likeness (QED) is 0.892. The summed E-state index contributed by atoms with van der Waals surface area (Å²) in [4.78, 5) is 15.4. The van der Waals surface area contributed by atoms with Crippen LogP contribution < -0.4 is 0 Å². The Bertz CT molecular complexity index is 653. The van der Waals surface area contributed by atoms with Gasteiger partial charge in [-0.15, -0.1) is 0 Å². The number of carbonyl (C=O) groups is 1. The van der Waals surface area contributed by atoms with Crippen LogP contribution in [0.4, 0.5) is 8.78 Å². The van der Waals surface area contributed by atoms with Crippen molar-refractivity contribution >= 4 is 16.9 Å². The first-order chi connectivity index (χ1) is 8.45. The number of hydrogen-bond donors (Lipinski definition) is 1. The number of halogens is 2. The average Bonchev–Trinajstić information content (AvgIpc) is 2.30. The summed E-state index contributed by atoms with van der Waals surface area (Å²) < 4.78 is 26.4. The van der Waals surface area contributed by atoms with Gasteiger partial charge in [0.05, 0.1) is 11.1 Å². The van der Waals surface area contributed by atoms with Crippen molar-refractivity contribution in [3.8, 4) is 0 Å². The Hall–Kier alpha value is -2.04. The number of carboxylic acid groups (broad SMARTS) is 1. The summed E-state index contributed by atoms with van der Waals surface area (Å²) in [5, 5.41) is 9.32. The van der Waals surface area contributed by atoms with Crippen LogP contribution in [0.2, 0.25) is 0 Å². The summed E-state index contributed by atoms with van der Waals surface area (Å²) >= 11 is 0. The fourth-order valence-electron chi connectivity index (χ4n) is 2.02. The molecule has 18 heavy (non-hydrogen) atoms. The molecule has 2 aromatic rings. The molecular formula is C13H11F2NO2. The molecule has 0 aliphatic carbocycles. The Morgan fingerprint density at radius 3 is 2.50 bits per heavy atom. The van der Waals surface area contributed by atoms with Gasteiger partial charge in [0.2, 0.25) is 0 Å². The average molecular weight is 251 g/mol. The maximum atomic E-state index is 13.2. The Morgan fingerprint density at radius 1 is 1.33 bits per heavy atom. The van der Waals surface area contributed by atoms with E-state index in [9.17, 15) is 18.7 Å². The predicted molar refractivity (Wildman–Crippen MR) is 62.7 cm³/mol. The minimum absolute atomic E-state index is 0.0178. The van der Waals surface area contributed by atoms with Crippen molar-refractivity contribution in [3.05, 3.63) is 40.6 Å². The number of benzene rings is 1. The van der Waals surface area contributed by atoms with Gasteiger partial charge in [-0.25, -0.2) is 13.6 Å². The van der Waals surface area contributed by atoms with E-state index in [1.807, 2.05) is 6.92 Å². The van der Waals surface area contributed by atoms with Crippen LogP contribution in [-0.2, 0) is 6.42 Å². The number of pyridine rings is 1. The fourth-order valence-corrected chi connectivity index (χ4v) is 2.02. The third-order valence-electron chi connectivity index (χ3n) is 2.92. The van der Waals surface area contributed by atoms with E-state index in [1.165, 1.54) is 0 Å².